The predicted molar refractivity (Wildman–Crippen MR) is 62.7 cm³/mol. The number of hydrogen-bond donors (Lipinski definition) is 0. The molecule has 0 spiro atoms. The highest BCUT2D eigenvalue weighted by molar-refractivity contribution is 5.93. The Bertz CT molecular complexity index is 812. The van der Waals surface area contributed by atoms with Crippen molar-refractivity contribution in [1.82, 2.24) is 4.57 Å². The predicted octanol–water partition coefficient (Wildman–Crippen LogP) is 0.597. The quantitative estimate of drug-likeness (QED) is 0.766. The second kappa shape index (κ2) is 4.03. The number of nitrogens with zero attached hydrogens (tertiary/aromatic N) is 1. The molecule has 0 unspecified atom stereocenters. The van der Waals surface area contributed by atoms with Crippen molar-refractivity contribution >= 4 is 16.9 Å². The molecule has 7 heteroatoms. The van der Waals surface area contributed by atoms with Crippen LogP contribution >= 0.6 is 0 Å². The van der Waals surface area contributed by atoms with E-state index >= 15 is 0 Å². The monoisotopic (exact) mass is 280 g/mol. The molecule has 1 aromatic carbocycles. The first-order valence-corrected chi connectivity index (χ1v) is 5.82. The first kappa shape index (κ1) is 12.6. The number of carbonyl (C=O) groups excluding carboxylic acids is 1. The van der Waals surface area contributed by atoms with Gasteiger partial charge in [-0.25, -0.2) is 4.39 Å². The highest BCUT2D eigenvalue weighted by Gasteiger charge is 2.26. The summed E-state index contributed by atoms with van der Waals surface area (Å²) in [4.78, 5) is 23.0. The summed E-state index contributed by atoms with van der Waals surface area (Å²) in [7, 11) is 0. The molecule has 5 nitrogen and oxygen atoms in total. The van der Waals surface area contributed by atoms with Crippen molar-refractivity contribution in [2.45, 2.75) is 13.0 Å². The van der Waals surface area contributed by atoms with Gasteiger partial charge in [0.05, 0.1) is 28.5 Å². The zero-order valence-corrected chi connectivity index (χ0v) is 10.3. The van der Waals surface area contributed by atoms with E-state index in [9.17, 15) is 23.5 Å². The lowest BCUT2D eigenvalue weighted by Crippen LogP contribution is -2.32. The number of benzene rings is 1. The number of aromatic nitrogens is 1. The van der Waals surface area contributed by atoms with Crippen LogP contribution in [0.4, 0.5) is 8.78 Å². The molecule has 104 valence electrons. The summed E-state index contributed by atoms with van der Waals surface area (Å²) >= 11 is 0. The van der Waals surface area contributed by atoms with Crippen LogP contribution in [0.5, 0.6) is 5.75 Å². The van der Waals surface area contributed by atoms with Crippen LogP contribution in [0.1, 0.15) is 23.3 Å². The fraction of sp³-hybridized carbons (Fsp3) is 0.231. The van der Waals surface area contributed by atoms with Gasteiger partial charge in [-0.2, -0.15) is 4.39 Å². The van der Waals surface area contributed by atoms with Gasteiger partial charge in [0, 0.05) is 6.20 Å². The van der Waals surface area contributed by atoms with E-state index in [0.29, 0.717) is 6.07 Å². The van der Waals surface area contributed by atoms with Crippen LogP contribution in [0.25, 0.3) is 10.9 Å². The number of ether oxygens (including phenoxy) is 1. The zero-order valence-electron chi connectivity index (χ0n) is 10.3. The SMILES string of the molecule is C[C@H]1COc2c(F)c(F)cc3c(=O)c(C(=O)[O-])cn1c23. The Morgan fingerprint density at radius 1 is 1.50 bits per heavy atom. The van der Waals surface area contributed by atoms with Crippen molar-refractivity contribution in [3.05, 3.63) is 39.7 Å². The van der Waals surface area contributed by atoms with Gasteiger partial charge in [0.2, 0.25) is 5.82 Å². The molecule has 1 aliphatic rings. The number of carboxylic acids is 1. The number of aromatic carboxylic acids is 1. The topological polar surface area (TPSA) is 71.4 Å². The summed E-state index contributed by atoms with van der Waals surface area (Å²) in [5, 5.41) is 10.7. The van der Waals surface area contributed by atoms with E-state index in [-0.39, 0.29) is 29.3 Å². The summed E-state index contributed by atoms with van der Waals surface area (Å²) in [6.45, 7) is 1.74. The number of halogens is 2. The standard InChI is InChI=1S/C13H9F2NO4/c1-5-4-20-12-9(15)8(14)2-6-10(12)16(5)3-7(11(6)17)13(18)19/h2-3,5H,4H2,1H3,(H,18,19)/p-1/t5-/m0/s1. The van der Waals surface area contributed by atoms with Gasteiger partial charge < -0.3 is 19.2 Å². The molecule has 1 atom stereocenters. The molecule has 20 heavy (non-hydrogen) atoms. The third-order valence-corrected chi connectivity index (χ3v) is 3.33. The minimum atomic E-state index is -1.66. The Morgan fingerprint density at radius 3 is 2.85 bits per heavy atom. The molecule has 1 aliphatic heterocycles. The van der Waals surface area contributed by atoms with E-state index < -0.39 is 28.6 Å². The maximum absolute atomic E-state index is 13.7. The van der Waals surface area contributed by atoms with Gasteiger partial charge >= 0.3 is 0 Å². The molecule has 0 fully saturated rings. The Kier molecular flexibility index (Phi) is 2.53. The Hall–Kier alpha value is -2.44. The molecular formula is C13H8F2NO4-. The molecule has 0 N–H and O–H groups in total. The summed E-state index contributed by atoms with van der Waals surface area (Å²) in [6.07, 6.45) is 1.08. The van der Waals surface area contributed by atoms with Crippen LogP contribution in [0.2, 0.25) is 0 Å². The lowest BCUT2D eigenvalue weighted by Gasteiger charge is -2.27. The van der Waals surface area contributed by atoms with Gasteiger partial charge in [0.15, 0.2) is 17.0 Å². The van der Waals surface area contributed by atoms with E-state index in [1.807, 2.05) is 0 Å². The Labute approximate surface area is 111 Å². The second-order valence-electron chi connectivity index (χ2n) is 4.62. The highest BCUT2D eigenvalue weighted by atomic mass is 19.2. The van der Waals surface area contributed by atoms with Gasteiger partial charge in [-0.05, 0) is 13.0 Å². The zero-order chi connectivity index (χ0) is 14.6. The van der Waals surface area contributed by atoms with Crippen molar-refractivity contribution in [3.8, 4) is 5.75 Å². The van der Waals surface area contributed by atoms with Crippen molar-refractivity contribution in [2.24, 2.45) is 0 Å². The Morgan fingerprint density at radius 2 is 2.20 bits per heavy atom. The van der Waals surface area contributed by atoms with Crippen LogP contribution < -0.4 is 15.3 Å². The van der Waals surface area contributed by atoms with E-state index in [1.54, 1.807) is 6.92 Å². The van der Waals surface area contributed by atoms with Crippen LogP contribution in [-0.4, -0.2) is 17.1 Å². The average molecular weight is 280 g/mol. The molecule has 2 heterocycles. The minimum absolute atomic E-state index is 0.0395. The largest absolute Gasteiger partial charge is 0.545 e. The molecule has 0 radical (unpaired) electrons. The molecule has 1 aromatic heterocycles. The smallest absolute Gasteiger partial charge is 0.202 e. The van der Waals surface area contributed by atoms with E-state index in [1.165, 1.54) is 4.57 Å². The molecule has 0 saturated heterocycles. The maximum Gasteiger partial charge on any atom is 0.202 e. The summed E-state index contributed by atoms with van der Waals surface area (Å²) in [5.74, 6) is -4.49. The van der Waals surface area contributed by atoms with Gasteiger partial charge in [-0.3, -0.25) is 4.79 Å². The average Bonchev–Trinajstić information content (AvgIpc) is 2.39. The van der Waals surface area contributed by atoms with E-state index in [0.717, 1.165) is 6.20 Å². The van der Waals surface area contributed by atoms with Gasteiger partial charge in [0.25, 0.3) is 0 Å². The molecular weight excluding hydrogens is 272 g/mol. The van der Waals surface area contributed by atoms with Crippen molar-refractivity contribution in [3.63, 3.8) is 0 Å². The molecule has 0 aliphatic carbocycles. The van der Waals surface area contributed by atoms with Crippen LogP contribution in [0.3, 0.4) is 0 Å². The molecule has 0 saturated carbocycles. The van der Waals surface area contributed by atoms with Crippen LogP contribution in [-0.2, 0) is 0 Å². The highest BCUT2D eigenvalue weighted by Crippen LogP contribution is 2.35. The van der Waals surface area contributed by atoms with Crippen LogP contribution in [0, 0.1) is 11.6 Å². The summed E-state index contributed by atoms with van der Waals surface area (Å²) < 4.78 is 33.7. The van der Waals surface area contributed by atoms with Gasteiger partial charge in [-0.15, -0.1) is 0 Å². The van der Waals surface area contributed by atoms with E-state index in [4.69, 9.17) is 4.74 Å². The maximum atomic E-state index is 13.7. The number of carbonyl (C=O) groups is 1. The summed E-state index contributed by atoms with van der Waals surface area (Å²) in [6, 6.07) is 0.356. The van der Waals surface area contributed by atoms with Crippen molar-refractivity contribution in [2.75, 3.05) is 6.61 Å². The Balaban J connectivity index is 2.57. The van der Waals surface area contributed by atoms with E-state index in [2.05, 4.69) is 0 Å². The molecule has 2 aromatic rings. The first-order chi connectivity index (χ1) is 9.41. The van der Waals surface area contributed by atoms with Gasteiger partial charge in [-0.1, -0.05) is 0 Å². The number of carboxylic acid groups (broad SMARTS) is 1. The molecule has 0 amide bonds. The molecule has 0 bridgehead atoms. The fourth-order valence-corrected chi connectivity index (χ4v) is 2.34. The fourth-order valence-electron chi connectivity index (χ4n) is 2.34. The normalized spacial score (nSPS) is 17.1. The van der Waals surface area contributed by atoms with Crippen molar-refractivity contribution < 1.29 is 23.4 Å². The first-order valence-electron chi connectivity index (χ1n) is 5.82. The lowest BCUT2D eigenvalue weighted by atomic mass is 10.1. The second-order valence-corrected chi connectivity index (χ2v) is 4.62. The summed E-state index contributed by atoms with van der Waals surface area (Å²) in [5.41, 5.74) is -1.46. The lowest BCUT2D eigenvalue weighted by molar-refractivity contribution is -0.255. The third-order valence-electron chi connectivity index (χ3n) is 3.33. The number of pyridine rings is 1. The molecule has 3 rings (SSSR count). The van der Waals surface area contributed by atoms with Crippen molar-refractivity contribution in [1.29, 1.82) is 0 Å². The number of hydrogen-bond acceptors (Lipinski definition) is 4. The van der Waals surface area contributed by atoms with Gasteiger partial charge in [0.1, 0.15) is 6.61 Å². The van der Waals surface area contributed by atoms with Crippen LogP contribution in [0.15, 0.2) is 17.1 Å². The third kappa shape index (κ3) is 1.52. The minimum Gasteiger partial charge on any atom is -0.545 e. The number of rotatable bonds is 1.